The van der Waals surface area contributed by atoms with E-state index in [1.165, 1.54) is 6.07 Å². The maximum Gasteiger partial charge on any atom is 0.387 e. The molecule has 0 bridgehead atoms. The van der Waals surface area contributed by atoms with E-state index in [-0.39, 0.29) is 28.8 Å². The van der Waals surface area contributed by atoms with Gasteiger partial charge in [0, 0.05) is 12.1 Å². The minimum Gasteiger partial charge on any atom is -0.434 e. The van der Waals surface area contributed by atoms with Gasteiger partial charge in [-0.05, 0) is 24.1 Å². The van der Waals surface area contributed by atoms with E-state index < -0.39 is 24.5 Å². The standard InChI is InChI=1S/C20H21ClF2N2O3/c1-12(2)17(25-18(26)14-8-4-5-9-15(14)21)19(27)24-11-13-7-3-6-10-16(13)28-20(22)23/h3-10,12,17,20H,11H2,1-2H3,(H,24,27)(H,25,26)/t17-/m0/s1. The summed E-state index contributed by atoms with van der Waals surface area (Å²) in [5.74, 6) is -1.14. The minimum absolute atomic E-state index is 0.0148. The zero-order valence-electron chi connectivity index (χ0n) is 15.4. The third kappa shape index (κ3) is 5.92. The fraction of sp³-hybridized carbons (Fsp3) is 0.300. The Morgan fingerprint density at radius 2 is 1.71 bits per heavy atom. The number of hydrogen-bond donors (Lipinski definition) is 2. The van der Waals surface area contributed by atoms with Gasteiger partial charge in [0.05, 0.1) is 10.6 Å². The molecular formula is C20H21ClF2N2O3. The highest BCUT2D eigenvalue weighted by atomic mass is 35.5. The molecule has 0 fully saturated rings. The lowest BCUT2D eigenvalue weighted by Crippen LogP contribution is -2.49. The van der Waals surface area contributed by atoms with Gasteiger partial charge in [-0.1, -0.05) is 55.8 Å². The zero-order chi connectivity index (χ0) is 20.7. The van der Waals surface area contributed by atoms with Crippen molar-refractivity contribution in [1.82, 2.24) is 10.6 Å². The minimum atomic E-state index is -2.96. The van der Waals surface area contributed by atoms with Crippen LogP contribution in [0.1, 0.15) is 29.8 Å². The molecule has 0 aromatic heterocycles. The SMILES string of the molecule is CC(C)[C@H](NC(=O)c1ccccc1Cl)C(=O)NCc1ccccc1OC(F)F. The van der Waals surface area contributed by atoms with Gasteiger partial charge in [-0.25, -0.2) is 0 Å². The van der Waals surface area contributed by atoms with Gasteiger partial charge in [0.2, 0.25) is 5.91 Å². The second kappa shape index (κ2) is 10.0. The molecule has 1 atom stereocenters. The van der Waals surface area contributed by atoms with Crippen LogP contribution in [0.4, 0.5) is 8.78 Å². The molecule has 0 saturated carbocycles. The molecular weight excluding hydrogens is 390 g/mol. The van der Waals surface area contributed by atoms with E-state index in [1.807, 2.05) is 0 Å². The summed E-state index contributed by atoms with van der Waals surface area (Å²) in [5, 5.41) is 5.60. The van der Waals surface area contributed by atoms with E-state index in [0.717, 1.165) is 0 Å². The summed E-state index contributed by atoms with van der Waals surface area (Å²) in [6.45, 7) is 0.582. The van der Waals surface area contributed by atoms with E-state index >= 15 is 0 Å². The number of ether oxygens (including phenoxy) is 1. The quantitative estimate of drug-likeness (QED) is 0.691. The lowest BCUT2D eigenvalue weighted by Gasteiger charge is -2.22. The zero-order valence-corrected chi connectivity index (χ0v) is 16.2. The summed E-state index contributed by atoms with van der Waals surface area (Å²) in [4.78, 5) is 25.1. The second-order valence-electron chi connectivity index (χ2n) is 6.38. The summed E-state index contributed by atoms with van der Waals surface area (Å²) >= 11 is 6.03. The van der Waals surface area contributed by atoms with Gasteiger partial charge in [-0.15, -0.1) is 0 Å². The van der Waals surface area contributed by atoms with Gasteiger partial charge >= 0.3 is 6.61 Å². The Morgan fingerprint density at radius 3 is 2.36 bits per heavy atom. The van der Waals surface area contributed by atoms with E-state index in [9.17, 15) is 18.4 Å². The molecule has 0 unspecified atom stereocenters. The fourth-order valence-electron chi connectivity index (χ4n) is 2.55. The number of amides is 2. The van der Waals surface area contributed by atoms with Crippen molar-refractivity contribution in [1.29, 1.82) is 0 Å². The van der Waals surface area contributed by atoms with Gasteiger partial charge in [0.1, 0.15) is 11.8 Å². The Balaban J connectivity index is 2.06. The first kappa shape index (κ1) is 21.6. The highest BCUT2D eigenvalue weighted by molar-refractivity contribution is 6.33. The van der Waals surface area contributed by atoms with Crippen molar-refractivity contribution in [2.75, 3.05) is 0 Å². The van der Waals surface area contributed by atoms with Crippen molar-refractivity contribution in [3.05, 3.63) is 64.7 Å². The third-order valence-electron chi connectivity index (χ3n) is 4.00. The molecule has 2 amide bonds. The number of halogens is 3. The number of carbonyl (C=O) groups excluding carboxylic acids is 2. The van der Waals surface area contributed by atoms with Crippen molar-refractivity contribution in [3.63, 3.8) is 0 Å². The van der Waals surface area contributed by atoms with Crippen LogP contribution in [0, 0.1) is 5.92 Å². The average Bonchev–Trinajstić information content (AvgIpc) is 2.64. The summed E-state index contributed by atoms with van der Waals surface area (Å²) in [6, 6.07) is 11.9. The number of carbonyl (C=O) groups is 2. The second-order valence-corrected chi connectivity index (χ2v) is 6.79. The predicted molar refractivity (Wildman–Crippen MR) is 102 cm³/mol. The van der Waals surface area contributed by atoms with Crippen LogP contribution >= 0.6 is 11.6 Å². The Hall–Kier alpha value is -2.67. The van der Waals surface area contributed by atoms with Gasteiger partial charge in [0.25, 0.3) is 5.91 Å². The Labute approximate surface area is 167 Å². The maximum absolute atomic E-state index is 12.6. The Morgan fingerprint density at radius 1 is 1.07 bits per heavy atom. The van der Waals surface area contributed by atoms with Crippen molar-refractivity contribution in [2.24, 2.45) is 5.92 Å². The molecule has 5 nitrogen and oxygen atoms in total. The summed E-state index contributed by atoms with van der Waals surface area (Å²) in [6.07, 6.45) is 0. The predicted octanol–water partition coefficient (Wildman–Crippen LogP) is 4.01. The molecule has 2 N–H and O–H groups in total. The van der Waals surface area contributed by atoms with E-state index in [0.29, 0.717) is 5.56 Å². The normalized spacial score (nSPS) is 12.0. The molecule has 8 heteroatoms. The molecule has 0 heterocycles. The van der Waals surface area contributed by atoms with E-state index in [2.05, 4.69) is 15.4 Å². The maximum atomic E-state index is 12.6. The molecule has 0 aliphatic heterocycles. The van der Waals surface area contributed by atoms with Crippen molar-refractivity contribution >= 4 is 23.4 Å². The molecule has 2 aromatic carbocycles. The van der Waals surface area contributed by atoms with Crippen molar-refractivity contribution in [2.45, 2.75) is 33.0 Å². The first-order chi connectivity index (χ1) is 13.3. The van der Waals surface area contributed by atoms with Crippen LogP contribution in [0.25, 0.3) is 0 Å². The van der Waals surface area contributed by atoms with Crippen LogP contribution < -0.4 is 15.4 Å². The highest BCUT2D eigenvalue weighted by Gasteiger charge is 2.25. The Bertz CT molecular complexity index is 831. The average molecular weight is 411 g/mol. The molecule has 150 valence electrons. The lowest BCUT2D eigenvalue weighted by atomic mass is 10.0. The van der Waals surface area contributed by atoms with Gasteiger partial charge in [-0.2, -0.15) is 8.78 Å². The van der Waals surface area contributed by atoms with E-state index in [4.69, 9.17) is 11.6 Å². The number of nitrogens with one attached hydrogen (secondary N) is 2. The number of rotatable bonds is 8. The van der Waals surface area contributed by atoms with Crippen LogP contribution in [0.3, 0.4) is 0 Å². The molecule has 0 aliphatic rings. The number of alkyl halides is 2. The molecule has 28 heavy (non-hydrogen) atoms. The number of hydrogen-bond acceptors (Lipinski definition) is 3. The van der Waals surface area contributed by atoms with Gasteiger partial charge < -0.3 is 15.4 Å². The van der Waals surface area contributed by atoms with Crippen LogP contribution in [0.2, 0.25) is 5.02 Å². The molecule has 2 aromatic rings. The molecule has 0 spiro atoms. The van der Waals surface area contributed by atoms with Crippen LogP contribution in [-0.2, 0) is 11.3 Å². The molecule has 0 radical (unpaired) electrons. The van der Waals surface area contributed by atoms with Crippen molar-refractivity contribution < 1.29 is 23.1 Å². The van der Waals surface area contributed by atoms with Crippen LogP contribution in [0.15, 0.2) is 48.5 Å². The van der Waals surface area contributed by atoms with Gasteiger partial charge in [0.15, 0.2) is 0 Å². The number of benzene rings is 2. The van der Waals surface area contributed by atoms with Crippen molar-refractivity contribution in [3.8, 4) is 5.75 Å². The lowest BCUT2D eigenvalue weighted by molar-refractivity contribution is -0.124. The van der Waals surface area contributed by atoms with Crippen LogP contribution in [-0.4, -0.2) is 24.5 Å². The molecule has 0 saturated heterocycles. The smallest absolute Gasteiger partial charge is 0.387 e. The molecule has 2 rings (SSSR count). The Kier molecular flexibility index (Phi) is 7.75. The molecule has 0 aliphatic carbocycles. The number of para-hydroxylation sites is 1. The monoisotopic (exact) mass is 410 g/mol. The summed E-state index contributed by atoms with van der Waals surface area (Å²) < 4.78 is 29.5. The highest BCUT2D eigenvalue weighted by Crippen LogP contribution is 2.20. The van der Waals surface area contributed by atoms with E-state index in [1.54, 1.807) is 56.3 Å². The van der Waals surface area contributed by atoms with Crippen LogP contribution in [0.5, 0.6) is 5.75 Å². The summed E-state index contributed by atoms with van der Waals surface area (Å²) in [5.41, 5.74) is 0.661. The first-order valence-corrected chi connectivity index (χ1v) is 9.03. The van der Waals surface area contributed by atoms with Gasteiger partial charge in [-0.3, -0.25) is 9.59 Å². The first-order valence-electron chi connectivity index (χ1n) is 8.65. The topological polar surface area (TPSA) is 67.4 Å². The largest absolute Gasteiger partial charge is 0.434 e. The summed E-state index contributed by atoms with van der Waals surface area (Å²) in [7, 11) is 0. The third-order valence-corrected chi connectivity index (χ3v) is 4.33. The fourth-order valence-corrected chi connectivity index (χ4v) is 2.77.